The predicted molar refractivity (Wildman–Crippen MR) is 70.3 cm³/mol. The van der Waals surface area contributed by atoms with Gasteiger partial charge in [0, 0.05) is 13.0 Å². The lowest BCUT2D eigenvalue weighted by atomic mass is 9.76. The Hall–Kier alpha value is -0.890. The van der Waals surface area contributed by atoms with Crippen LogP contribution in [-0.4, -0.2) is 12.0 Å². The highest BCUT2D eigenvalue weighted by atomic mass is 32.1. The highest BCUT2D eigenvalue weighted by Gasteiger charge is 2.29. The van der Waals surface area contributed by atoms with Crippen molar-refractivity contribution in [2.45, 2.75) is 26.7 Å². The van der Waals surface area contributed by atoms with E-state index in [0.717, 1.165) is 4.99 Å². The fourth-order valence-electron chi connectivity index (χ4n) is 1.83. The molecule has 1 atom stereocenters. The molecule has 0 spiro atoms. The van der Waals surface area contributed by atoms with E-state index in [-0.39, 0.29) is 11.3 Å². The average Bonchev–Trinajstić information content (AvgIpc) is 2.17. The van der Waals surface area contributed by atoms with Crippen molar-refractivity contribution < 1.29 is 0 Å². The molecule has 2 heteroatoms. The molecule has 1 aromatic rings. The minimum atomic E-state index is 0.140. The van der Waals surface area contributed by atoms with E-state index in [2.05, 4.69) is 50.4 Å². The van der Waals surface area contributed by atoms with Crippen LogP contribution in [0, 0.1) is 5.41 Å². The van der Waals surface area contributed by atoms with Crippen molar-refractivity contribution in [1.29, 1.82) is 0 Å². The summed E-state index contributed by atoms with van der Waals surface area (Å²) in [5.41, 5.74) is 1.42. The molecule has 0 fully saturated rings. The van der Waals surface area contributed by atoms with Gasteiger partial charge in [-0.2, -0.15) is 0 Å². The van der Waals surface area contributed by atoms with Crippen molar-refractivity contribution in [1.82, 2.24) is 5.32 Å². The molecule has 1 N–H and O–H groups in total. The van der Waals surface area contributed by atoms with Crippen LogP contribution in [0.3, 0.4) is 0 Å². The van der Waals surface area contributed by atoms with E-state index in [9.17, 15) is 0 Å². The molecule has 0 aliphatic rings. The van der Waals surface area contributed by atoms with Gasteiger partial charge in [-0.25, -0.2) is 0 Å². The van der Waals surface area contributed by atoms with E-state index in [1.807, 2.05) is 13.1 Å². The van der Waals surface area contributed by atoms with E-state index in [4.69, 9.17) is 12.2 Å². The largest absolute Gasteiger partial charge is 0.382 e. The first kappa shape index (κ1) is 12.2. The van der Waals surface area contributed by atoms with Crippen LogP contribution < -0.4 is 5.32 Å². The molecule has 0 saturated heterocycles. The summed E-state index contributed by atoms with van der Waals surface area (Å²) in [6.45, 7) is 6.65. The third-order valence-corrected chi connectivity index (χ3v) is 2.95. The van der Waals surface area contributed by atoms with E-state index in [1.54, 1.807) is 0 Å². The maximum atomic E-state index is 5.40. The van der Waals surface area contributed by atoms with Crippen molar-refractivity contribution in [3.8, 4) is 0 Å². The standard InChI is InChI=1S/C13H19NS/c1-13(2,3)11(12(15)14-4)10-8-6-5-7-9-10/h5-9,11H,1-4H3,(H,14,15)/t11-/m0/s1. The Morgan fingerprint density at radius 3 is 2.13 bits per heavy atom. The van der Waals surface area contributed by atoms with Crippen molar-refractivity contribution in [3.05, 3.63) is 35.9 Å². The Kier molecular flexibility index (Phi) is 3.86. The summed E-state index contributed by atoms with van der Waals surface area (Å²) in [7, 11) is 1.89. The third-order valence-electron chi connectivity index (χ3n) is 2.51. The summed E-state index contributed by atoms with van der Waals surface area (Å²) in [6.07, 6.45) is 0. The molecule has 0 aromatic heterocycles. The first-order chi connectivity index (χ1) is 6.96. The van der Waals surface area contributed by atoms with E-state index < -0.39 is 0 Å². The number of nitrogens with one attached hydrogen (secondary N) is 1. The van der Waals surface area contributed by atoms with Gasteiger partial charge in [0.1, 0.15) is 0 Å². The second-order valence-corrected chi connectivity index (χ2v) is 5.26. The molecule has 15 heavy (non-hydrogen) atoms. The summed E-state index contributed by atoms with van der Waals surface area (Å²) in [6, 6.07) is 10.4. The second kappa shape index (κ2) is 4.75. The van der Waals surface area contributed by atoms with Gasteiger partial charge in [0.05, 0.1) is 4.99 Å². The Balaban J connectivity index is 3.08. The van der Waals surface area contributed by atoms with Crippen LogP contribution in [-0.2, 0) is 0 Å². The van der Waals surface area contributed by atoms with Crippen LogP contribution in [0.5, 0.6) is 0 Å². The number of benzene rings is 1. The molecule has 1 aromatic carbocycles. The first-order valence-corrected chi connectivity index (χ1v) is 5.64. The molecule has 0 bridgehead atoms. The Morgan fingerprint density at radius 1 is 1.20 bits per heavy atom. The molecule has 82 valence electrons. The SMILES string of the molecule is CNC(=S)[C@H](c1ccccc1)C(C)(C)C. The normalized spacial score (nSPS) is 13.3. The van der Waals surface area contributed by atoms with Gasteiger partial charge < -0.3 is 5.32 Å². The zero-order chi connectivity index (χ0) is 11.5. The Morgan fingerprint density at radius 2 is 1.73 bits per heavy atom. The van der Waals surface area contributed by atoms with Crippen molar-refractivity contribution in [3.63, 3.8) is 0 Å². The highest BCUT2D eigenvalue weighted by Crippen LogP contribution is 2.35. The number of thiocarbonyl (C=S) groups is 1. The topological polar surface area (TPSA) is 12.0 Å². The minimum absolute atomic E-state index is 0.140. The second-order valence-electron chi connectivity index (χ2n) is 4.82. The fraction of sp³-hybridized carbons (Fsp3) is 0.462. The monoisotopic (exact) mass is 221 g/mol. The number of hydrogen-bond acceptors (Lipinski definition) is 1. The van der Waals surface area contributed by atoms with Crippen molar-refractivity contribution >= 4 is 17.2 Å². The van der Waals surface area contributed by atoms with Crippen LogP contribution in [0.4, 0.5) is 0 Å². The molecular weight excluding hydrogens is 202 g/mol. The lowest BCUT2D eigenvalue weighted by Gasteiger charge is -2.31. The summed E-state index contributed by atoms with van der Waals surface area (Å²) in [5, 5.41) is 3.10. The molecule has 0 radical (unpaired) electrons. The summed E-state index contributed by atoms with van der Waals surface area (Å²) in [5.74, 6) is 0.277. The minimum Gasteiger partial charge on any atom is -0.382 e. The smallest absolute Gasteiger partial charge is 0.0831 e. The number of rotatable bonds is 2. The molecule has 0 saturated carbocycles. The summed E-state index contributed by atoms with van der Waals surface area (Å²) in [4.78, 5) is 0.911. The van der Waals surface area contributed by atoms with Gasteiger partial charge in [-0.05, 0) is 11.0 Å². The molecule has 0 amide bonds. The van der Waals surface area contributed by atoms with E-state index in [1.165, 1.54) is 5.56 Å². The summed E-state index contributed by atoms with van der Waals surface area (Å²) >= 11 is 5.40. The first-order valence-electron chi connectivity index (χ1n) is 5.23. The van der Waals surface area contributed by atoms with Crippen molar-refractivity contribution in [2.75, 3.05) is 7.05 Å². The van der Waals surface area contributed by atoms with Crippen molar-refractivity contribution in [2.24, 2.45) is 5.41 Å². The quantitative estimate of drug-likeness (QED) is 0.769. The van der Waals surface area contributed by atoms with Gasteiger partial charge in [-0.15, -0.1) is 0 Å². The molecule has 1 nitrogen and oxygen atoms in total. The molecule has 1 rings (SSSR count). The Labute approximate surface area is 97.9 Å². The van der Waals surface area contributed by atoms with Crippen LogP contribution in [0.1, 0.15) is 32.3 Å². The van der Waals surface area contributed by atoms with Gasteiger partial charge >= 0.3 is 0 Å². The van der Waals surface area contributed by atoms with Crippen LogP contribution >= 0.6 is 12.2 Å². The van der Waals surface area contributed by atoms with Crippen LogP contribution in [0.15, 0.2) is 30.3 Å². The average molecular weight is 221 g/mol. The predicted octanol–water partition coefficient (Wildman–Crippen LogP) is 3.36. The highest BCUT2D eigenvalue weighted by molar-refractivity contribution is 7.80. The van der Waals surface area contributed by atoms with E-state index in [0.29, 0.717) is 0 Å². The van der Waals surface area contributed by atoms with Gasteiger partial charge in [0.2, 0.25) is 0 Å². The van der Waals surface area contributed by atoms with Gasteiger partial charge in [-0.1, -0.05) is 63.3 Å². The molecule has 0 aliphatic heterocycles. The number of likely N-dealkylation sites (N-methyl/N-ethyl adjacent to an activating group) is 1. The lowest BCUT2D eigenvalue weighted by Crippen LogP contribution is -2.32. The zero-order valence-electron chi connectivity index (χ0n) is 9.87. The van der Waals surface area contributed by atoms with Gasteiger partial charge in [0.15, 0.2) is 0 Å². The third kappa shape index (κ3) is 3.03. The molecule has 0 heterocycles. The zero-order valence-corrected chi connectivity index (χ0v) is 10.7. The Bertz CT molecular complexity index is 324. The van der Waals surface area contributed by atoms with Crippen LogP contribution in [0.25, 0.3) is 0 Å². The molecule has 0 aliphatic carbocycles. The molecular formula is C13H19NS. The van der Waals surface area contributed by atoms with Gasteiger partial charge in [-0.3, -0.25) is 0 Å². The molecule has 0 unspecified atom stereocenters. The van der Waals surface area contributed by atoms with E-state index >= 15 is 0 Å². The maximum absolute atomic E-state index is 5.40. The summed E-state index contributed by atoms with van der Waals surface area (Å²) < 4.78 is 0. The maximum Gasteiger partial charge on any atom is 0.0831 e. The number of hydrogen-bond donors (Lipinski definition) is 1. The van der Waals surface area contributed by atoms with Gasteiger partial charge in [0.25, 0.3) is 0 Å². The van der Waals surface area contributed by atoms with Crippen LogP contribution in [0.2, 0.25) is 0 Å². The fourth-order valence-corrected chi connectivity index (χ4v) is 2.32. The lowest BCUT2D eigenvalue weighted by molar-refractivity contribution is 0.381.